The van der Waals surface area contributed by atoms with Gasteiger partial charge in [-0.2, -0.15) is 5.26 Å². The Hall–Kier alpha value is -3.44. The molecule has 1 amide bonds. The molecule has 2 aromatic rings. The van der Waals surface area contributed by atoms with Gasteiger partial charge in [0.1, 0.15) is 6.61 Å². The maximum absolute atomic E-state index is 12.3. The van der Waals surface area contributed by atoms with E-state index in [0.717, 1.165) is 22.9 Å². The van der Waals surface area contributed by atoms with Crippen molar-refractivity contribution >= 4 is 23.6 Å². The van der Waals surface area contributed by atoms with Gasteiger partial charge in [0.25, 0.3) is 0 Å². The van der Waals surface area contributed by atoms with Gasteiger partial charge in [0.15, 0.2) is 11.5 Å². The quantitative estimate of drug-likeness (QED) is 0.630. The van der Waals surface area contributed by atoms with Gasteiger partial charge in [-0.25, -0.2) is 0 Å². The molecular weight excluding hydrogens is 416 g/mol. The van der Waals surface area contributed by atoms with Crippen molar-refractivity contribution < 1.29 is 23.8 Å². The average Bonchev–Trinajstić information content (AvgIpc) is 2.81. The lowest BCUT2D eigenvalue weighted by Gasteiger charge is -2.25. The summed E-state index contributed by atoms with van der Waals surface area (Å²) < 4.78 is 16.0. The van der Waals surface area contributed by atoms with Crippen molar-refractivity contribution in [2.24, 2.45) is 0 Å². The Labute approximate surface area is 185 Å². The Bertz CT molecular complexity index is 1030. The van der Waals surface area contributed by atoms with Crippen LogP contribution in [0.2, 0.25) is 0 Å². The minimum absolute atomic E-state index is 0.00192. The van der Waals surface area contributed by atoms with E-state index in [0.29, 0.717) is 28.7 Å². The Morgan fingerprint density at radius 1 is 1.19 bits per heavy atom. The first kappa shape index (κ1) is 22.2. The fourth-order valence-corrected chi connectivity index (χ4v) is 4.08. The normalized spacial score (nSPS) is 15.6. The van der Waals surface area contributed by atoms with E-state index in [4.69, 9.17) is 9.47 Å². The molecule has 160 valence electrons. The molecule has 0 aromatic heterocycles. The largest absolute Gasteiger partial charge is 0.493 e. The lowest BCUT2D eigenvalue weighted by Crippen LogP contribution is -2.31. The summed E-state index contributed by atoms with van der Waals surface area (Å²) in [6.07, 6.45) is 0.121. The summed E-state index contributed by atoms with van der Waals surface area (Å²) in [6.45, 7) is 0.354. The zero-order valence-electron chi connectivity index (χ0n) is 17.2. The molecule has 2 aromatic carbocycles. The Kier molecular flexibility index (Phi) is 7.57. The predicted molar refractivity (Wildman–Crippen MR) is 116 cm³/mol. The highest BCUT2D eigenvalue weighted by Gasteiger charge is 2.30. The maximum atomic E-state index is 12.3. The summed E-state index contributed by atoms with van der Waals surface area (Å²) >= 11 is 1.08. The lowest BCUT2D eigenvalue weighted by atomic mass is 9.87. The molecule has 1 aliphatic rings. The van der Waals surface area contributed by atoms with Crippen LogP contribution in [0.3, 0.4) is 0 Å². The number of ether oxygens (including phenoxy) is 3. The van der Waals surface area contributed by atoms with Gasteiger partial charge in [-0.1, -0.05) is 48.2 Å². The van der Waals surface area contributed by atoms with E-state index in [-0.39, 0.29) is 18.1 Å². The molecule has 8 heteroatoms. The SMILES string of the molecule is COC(=O)CSC1=C(C#N)[C@H](c2ccc(OC)c(OCc3ccccc3)c2)CC(=O)N1. The van der Waals surface area contributed by atoms with Crippen LogP contribution in [0, 0.1) is 11.3 Å². The molecule has 1 heterocycles. The molecule has 0 saturated heterocycles. The molecule has 0 saturated carbocycles. The van der Waals surface area contributed by atoms with Crippen LogP contribution in [0.5, 0.6) is 11.5 Å². The molecule has 0 aliphatic carbocycles. The van der Waals surface area contributed by atoms with Crippen LogP contribution in [0.25, 0.3) is 0 Å². The van der Waals surface area contributed by atoms with E-state index in [2.05, 4.69) is 16.1 Å². The summed E-state index contributed by atoms with van der Waals surface area (Å²) in [5.41, 5.74) is 2.16. The highest BCUT2D eigenvalue weighted by atomic mass is 32.2. The number of nitrogens with one attached hydrogen (secondary N) is 1. The third kappa shape index (κ3) is 5.58. The summed E-state index contributed by atoms with van der Waals surface area (Å²) in [5, 5.41) is 12.8. The Morgan fingerprint density at radius 3 is 2.65 bits per heavy atom. The van der Waals surface area contributed by atoms with E-state index in [1.165, 1.54) is 7.11 Å². The Balaban J connectivity index is 1.89. The van der Waals surface area contributed by atoms with Crippen LogP contribution in [-0.2, 0) is 20.9 Å². The maximum Gasteiger partial charge on any atom is 0.316 e. The third-order valence-corrected chi connectivity index (χ3v) is 5.74. The summed E-state index contributed by atoms with van der Waals surface area (Å²) in [7, 11) is 2.85. The van der Waals surface area contributed by atoms with Crippen LogP contribution in [-0.4, -0.2) is 31.8 Å². The molecule has 1 N–H and O–H groups in total. The van der Waals surface area contributed by atoms with Crippen molar-refractivity contribution in [1.29, 1.82) is 5.26 Å². The second-order valence-electron chi connectivity index (χ2n) is 6.71. The van der Waals surface area contributed by atoms with E-state index >= 15 is 0 Å². The summed E-state index contributed by atoms with van der Waals surface area (Å²) in [5.74, 6) is -0.0356. The molecule has 1 atom stereocenters. The van der Waals surface area contributed by atoms with Gasteiger partial charge in [-0.05, 0) is 23.3 Å². The molecule has 0 unspecified atom stereocenters. The summed E-state index contributed by atoms with van der Waals surface area (Å²) in [6, 6.07) is 17.3. The monoisotopic (exact) mass is 438 g/mol. The molecule has 31 heavy (non-hydrogen) atoms. The molecule has 0 bridgehead atoms. The van der Waals surface area contributed by atoms with Crippen LogP contribution >= 0.6 is 11.8 Å². The van der Waals surface area contributed by atoms with E-state index < -0.39 is 11.9 Å². The molecule has 0 spiro atoms. The number of nitrogens with zero attached hydrogens (tertiary/aromatic N) is 1. The number of thioether (sulfide) groups is 1. The van der Waals surface area contributed by atoms with Gasteiger partial charge in [0, 0.05) is 12.3 Å². The number of hydrogen-bond donors (Lipinski definition) is 1. The summed E-state index contributed by atoms with van der Waals surface area (Å²) in [4.78, 5) is 23.8. The number of methoxy groups -OCH3 is 2. The number of amides is 1. The lowest BCUT2D eigenvalue weighted by molar-refractivity contribution is -0.137. The van der Waals surface area contributed by atoms with Crippen molar-refractivity contribution in [3.63, 3.8) is 0 Å². The second kappa shape index (κ2) is 10.5. The first-order valence-corrected chi connectivity index (χ1v) is 10.5. The number of hydrogen-bond acceptors (Lipinski definition) is 7. The number of benzene rings is 2. The van der Waals surface area contributed by atoms with Gasteiger partial charge in [0.05, 0.1) is 36.6 Å². The molecule has 0 fully saturated rings. The fraction of sp³-hybridized carbons (Fsp3) is 0.261. The van der Waals surface area contributed by atoms with Crippen LogP contribution in [0.15, 0.2) is 59.1 Å². The predicted octanol–water partition coefficient (Wildman–Crippen LogP) is 3.52. The number of esters is 1. The van der Waals surface area contributed by atoms with Gasteiger partial charge in [-0.3, -0.25) is 9.59 Å². The topological polar surface area (TPSA) is 97.7 Å². The molecule has 7 nitrogen and oxygen atoms in total. The number of allylic oxidation sites excluding steroid dienone is 1. The molecule has 1 aliphatic heterocycles. The van der Waals surface area contributed by atoms with Gasteiger partial charge < -0.3 is 19.5 Å². The molecular formula is C23H22N2O5S. The molecule has 0 radical (unpaired) electrons. The van der Waals surface area contributed by atoms with Crippen molar-refractivity contribution in [1.82, 2.24) is 5.32 Å². The highest BCUT2D eigenvalue weighted by Crippen LogP contribution is 2.39. The van der Waals surface area contributed by atoms with Crippen LogP contribution in [0.4, 0.5) is 0 Å². The van der Waals surface area contributed by atoms with E-state index in [9.17, 15) is 14.9 Å². The van der Waals surface area contributed by atoms with Gasteiger partial charge in [-0.15, -0.1) is 0 Å². The van der Waals surface area contributed by atoms with E-state index in [1.807, 2.05) is 36.4 Å². The van der Waals surface area contributed by atoms with Crippen molar-refractivity contribution in [2.45, 2.75) is 18.9 Å². The Morgan fingerprint density at radius 2 is 1.97 bits per heavy atom. The number of carbonyl (C=O) groups is 2. The van der Waals surface area contributed by atoms with Crippen molar-refractivity contribution in [2.75, 3.05) is 20.0 Å². The number of nitriles is 1. The third-order valence-electron chi connectivity index (χ3n) is 4.75. The van der Waals surface area contributed by atoms with E-state index in [1.54, 1.807) is 19.2 Å². The number of carbonyl (C=O) groups excluding carboxylic acids is 2. The van der Waals surface area contributed by atoms with Gasteiger partial charge in [0.2, 0.25) is 5.91 Å². The van der Waals surface area contributed by atoms with Crippen LogP contribution in [0.1, 0.15) is 23.5 Å². The fourth-order valence-electron chi connectivity index (χ4n) is 3.17. The average molecular weight is 439 g/mol. The first-order valence-electron chi connectivity index (χ1n) is 9.54. The van der Waals surface area contributed by atoms with Crippen molar-refractivity contribution in [3.05, 3.63) is 70.3 Å². The minimum atomic E-state index is -0.455. The highest BCUT2D eigenvalue weighted by molar-refractivity contribution is 8.03. The van der Waals surface area contributed by atoms with Gasteiger partial charge >= 0.3 is 5.97 Å². The zero-order valence-corrected chi connectivity index (χ0v) is 18.0. The number of rotatable bonds is 8. The first-order chi connectivity index (χ1) is 15.0. The smallest absolute Gasteiger partial charge is 0.316 e. The zero-order chi connectivity index (χ0) is 22.2. The molecule has 3 rings (SSSR count). The minimum Gasteiger partial charge on any atom is -0.493 e. The van der Waals surface area contributed by atoms with Crippen LogP contribution < -0.4 is 14.8 Å². The standard InChI is InChI=1S/C23H22N2O5S/c1-28-19-9-8-16(10-20(19)30-13-15-6-4-3-5-7-15)17-11-21(26)25-23(18(17)12-24)31-14-22(27)29-2/h3-10,17H,11,13-14H2,1-2H3,(H,25,26)/t17-/m0/s1. The van der Waals surface area contributed by atoms with Crippen molar-refractivity contribution in [3.8, 4) is 17.6 Å². The second-order valence-corrected chi connectivity index (χ2v) is 7.69.